The monoisotopic (exact) mass is 341 g/mol. The van der Waals surface area contributed by atoms with E-state index < -0.39 is 17.4 Å². The van der Waals surface area contributed by atoms with E-state index in [1.807, 2.05) is 0 Å². The molecule has 7 nitrogen and oxygen atoms in total. The van der Waals surface area contributed by atoms with E-state index >= 15 is 0 Å². The number of rotatable bonds is 5. The summed E-state index contributed by atoms with van der Waals surface area (Å²) in [5.41, 5.74) is 6.06. The van der Waals surface area contributed by atoms with Crippen LogP contribution in [0.15, 0.2) is 35.1 Å². The summed E-state index contributed by atoms with van der Waals surface area (Å²) in [6.45, 7) is 4.11. The molecule has 0 unspecified atom stereocenters. The number of anilines is 1. The van der Waals surface area contributed by atoms with Gasteiger partial charge in [-0.05, 0) is 37.1 Å². The maximum absolute atomic E-state index is 12.4. The zero-order valence-electron chi connectivity index (χ0n) is 14.0. The van der Waals surface area contributed by atoms with Crippen LogP contribution in [0.1, 0.15) is 47.4 Å². The van der Waals surface area contributed by atoms with E-state index in [-0.39, 0.29) is 23.0 Å². The summed E-state index contributed by atoms with van der Waals surface area (Å²) < 4.78 is 7.05. The summed E-state index contributed by atoms with van der Waals surface area (Å²) in [5, 5.41) is 2.14. The van der Waals surface area contributed by atoms with Crippen LogP contribution in [0.2, 0.25) is 0 Å². The molecule has 1 aromatic carbocycles. The van der Waals surface area contributed by atoms with Gasteiger partial charge >= 0.3 is 0 Å². The third-order valence-electron chi connectivity index (χ3n) is 4.26. The van der Waals surface area contributed by atoms with E-state index in [2.05, 4.69) is 19.2 Å². The zero-order chi connectivity index (χ0) is 18.1. The van der Waals surface area contributed by atoms with Crippen molar-refractivity contribution in [3.8, 4) is 11.4 Å². The SMILES string of the molecule is CCC(CC)Oc1ccc(-n2c(N)c3c(cc2=O)C(=O)NC3=O)cc1. The number of nitrogens with two attached hydrogens (primary N) is 1. The number of nitrogens with zero attached hydrogens (tertiary/aromatic N) is 1. The Morgan fingerprint density at radius 1 is 1.08 bits per heavy atom. The number of benzene rings is 1. The summed E-state index contributed by atoms with van der Waals surface area (Å²) in [4.78, 5) is 35.9. The summed E-state index contributed by atoms with van der Waals surface area (Å²) in [6.07, 6.45) is 1.94. The minimum atomic E-state index is -0.607. The van der Waals surface area contributed by atoms with Crippen LogP contribution in [0.3, 0.4) is 0 Å². The molecule has 0 spiro atoms. The van der Waals surface area contributed by atoms with Crippen LogP contribution in [0.5, 0.6) is 5.75 Å². The fourth-order valence-corrected chi connectivity index (χ4v) is 2.87. The Labute approximate surface area is 144 Å². The van der Waals surface area contributed by atoms with Crippen LogP contribution in [0.4, 0.5) is 5.82 Å². The smallest absolute Gasteiger partial charge is 0.262 e. The second kappa shape index (κ2) is 6.43. The number of aromatic nitrogens is 1. The number of nitrogens with one attached hydrogen (secondary N) is 1. The van der Waals surface area contributed by atoms with Crippen molar-refractivity contribution in [2.24, 2.45) is 0 Å². The molecule has 130 valence electrons. The third-order valence-corrected chi connectivity index (χ3v) is 4.26. The lowest BCUT2D eigenvalue weighted by atomic mass is 10.1. The van der Waals surface area contributed by atoms with E-state index in [1.165, 1.54) is 4.57 Å². The Hall–Kier alpha value is -3.09. The molecular weight excluding hydrogens is 322 g/mol. The van der Waals surface area contributed by atoms with Crippen molar-refractivity contribution in [2.45, 2.75) is 32.8 Å². The molecule has 0 saturated carbocycles. The normalized spacial score (nSPS) is 13.1. The Kier molecular flexibility index (Phi) is 4.31. The summed E-state index contributed by atoms with van der Waals surface area (Å²) >= 11 is 0. The molecule has 1 aliphatic heterocycles. The second-order valence-corrected chi connectivity index (χ2v) is 5.83. The van der Waals surface area contributed by atoms with Crippen molar-refractivity contribution in [3.63, 3.8) is 0 Å². The maximum atomic E-state index is 12.4. The van der Waals surface area contributed by atoms with Crippen molar-refractivity contribution in [3.05, 3.63) is 51.8 Å². The number of carbonyl (C=O) groups excluding carboxylic acids is 2. The first-order valence-corrected chi connectivity index (χ1v) is 8.14. The highest BCUT2D eigenvalue weighted by Gasteiger charge is 2.31. The van der Waals surface area contributed by atoms with E-state index in [0.29, 0.717) is 11.4 Å². The molecule has 3 rings (SSSR count). The number of carbonyl (C=O) groups is 2. The number of nitrogen functional groups attached to an aromatic ring is 1. The molecule has 0 fully saturated rings. The largest absolute Gasteiger partial charge is 0.490 e. The second-order valence-electron chi connectivity index (χ2n) is 5.83. The highest BCUT2D eigenvalue weighted by atomic mass is 16.5. The lowest BCUT2D eigenvalue weighted by Crippen LogP contribution is -2.24. The quantitative estimate of drug-likeness (QED) is 0.808. The van der Waals surface area contributed by atoms with Gasteiger partial charge in [0, 0.05) is 6.07 Å². The molecule has 0 aliphatic carbocycles. The van der Waals surface area contributed by atoms with Gasteiger partial charge in [0.1, 0.15) is 11.6 Å². The Bertz CT molecular complexity index is 896. The zero-order valence-corrected chi connectivity index (χ0v) is 14.0. The van der Waals surface area contributed by atoms with Gasteiger partial charge in [-0.15, -0.1) is 0 Å². The van der Waals surface area contributed by atoms with Crippen LogP contribution >= 0.6 is 0 Å². The molecule has 2 amide bonds. The highest BCUT2D eigenvalue weighted by Crippen LogP contribution is 2.24. The first kappa shape index (κ1) is 16.8. The number of hydrogen-bond donors (Lipinski definition) is 2. The molecule has 7 heteroatoms. The fourth-order valence-electron chi connectivity index (χ4n) is 2.87. The summed E-state index contributed by atoms with van der Waals surface area (Å²) in [7, 11) is 0. The van der Waals surface area contributed by atoms with Crippen LogP contribution in [0, 0.1) is 0 Å². The number of fused-ring (bicyclic) bond motifs is 1. The topological polar surface area (TPSA) is 103 Å². The molecule has 0 atom stereocenters. The van der Waals surface area contributed by atoms with Crippen LogP contribution < -0.4 is 21.3 Å². The molecule has 2 aromatic rings. The van der Waals surface area contributed by atoms with Gasteiger partial charge in [-0.25, -0.2) is 0 Å². The van der Waals surface area contributed by atoms with Crippen molar-refractivity contribution in [2.75, 3.05) is 5.73 Å². The fraction of sp³-hybridized carbons (Fsp3) is 0.278. The molecule has 0 radical (unpaired) electrons. The molecular formula is C18H19N3O4. The van der Waals surface area contributed by atoms with E-state index in [1.54, 1.807) is 24.3 Å². The number of imide groups is 1. The van der Waals surface area contributed by atoms with Crippen molar-refractivity contribution < 1.29 is 14.3 Å². The third kappa shape index (κ3) is 2.88. The van der Waals surface area contributed by atoms with E-state index in [4.69, 9.17) is 10.5 Å². The first-order valence-electron chi connectivity index (χ1n) is 8.14. The summed E-state index contributed by atoms with van der Waals surface area (Å²) in [6, 6.07) is 8.00. The molecule has 25 heavy (non-hydrogen) atoms. The minimum Gasteiger partial charge on any atom is -0.490 e. The van der Waals surface area contributed by atoms with Gasteiger partial charge in [0.15, 0.2) is 0 Å². The van der Waals surface area contributed by atoms with E-state index in [0.717, 1.165) is 18.9 Å². The van der Waals surface area contributed by atoms with Crippen LogP contribution in [-0.2, 0) is 0 Å². The van der Waals surface area contributed by atoms with Gasteiger partial charge < -0.3 is 10.5 Å². The average Bonchev–Trinajstić information content (AvgIpc) is 2.88. The van der Waals surface area contributed by atoms with Crippen molar-refractivity contribution in [1.29, 1.82) is 0 Å². The predicted octanol–water partition coefficient (Wildman–Crippen LogP) is 1.87. The standard InChI is InChI=1S/C18H19N3O4/c1-3-11(4-2)25-12-7-5-10(6-8-12)21-14(22)9-13-15(16(21)19)18(24)20-17(13)23/h5-9,11H,3-4,19H2,1-2H3,(H,20,23,24). The molecule has 2 heterocycles. The minimum absolute atomic E-state index is 0.0115. The highest BCUT2D eigenvalue weighted by molar-refractivity contribution is 6.23. The van der Waals surface area contributed by atoms with Gasteiger partial charge in [-0.1, -0.05) is 13.8 Å². The molecule has 3 N–H and O–H groups in total. The van der Waals surface area contributed by atoms with Crippen LogP contribution in [-0.4, -0.2) is 22.5 Å². The van der Waals surface area contributed by atoms with Gasteiger partial charge in [0.25, 0.3) is 17.4 Å². The number of hydrogen-bond acceptors (Lipinski definition) is 5. The number of amides is 2. The number of pyridine rings is 1. The van der Waals surface area contributed by atoms with Gasteiger partial charge in [0.05, 0.1) is 22.9 Å². The van der Waals surface area contributed by atoms with Crippen molar-refractivity contribution in [1.82, 2.24) is 9.88 Å². The average molecular weight is 341 g/mol. The Morgan fingerprint density at radius 3 is 2.32 bits per heavy atom. The van der Waals surface area contributed by atoms with Crippen LogP contribution in [0.25, 0.3) is 5.69 Å². The van der Waals surface area contributed by atoms with Gasteiger partial charge in [0.2, 0.25) is 0 Å². The Balaban J connectivity index is 2.01. The first-order chi connectivity index (χ1) is 12.0. The lowest BCUT2D eigenvalue weighted by molar-refractivity contribution is 0.0880. The summed E-state index contributed by atoms with van der Waals surface area (Å²) in [5.74, 6) is -0.567. The maximum Gasteiger partial charge on any atom is 0.262 e. The lowest BCUT2D eigenvalue weighted by Gasteiger charge is -2.16. The molecule has 1 aromatic heterocycles. The molecule has 1 aliphatic rings. The Morgan fingerprint density at radius 2 is 1.72 bits per heavy atom. The van der Waals surface area contributed by atoms with Gasteiger partial charge in [-0.3, -0.25) is 24.3 Å². The molecule has 0 saturated heterocycles. The molecule has 0 bridgehead atoms. The number of ether oxygens (including phenoxy) is 1. The van der Waals surface area contributed by atoms with Crippen molar-refractivity contribution >= 4 is 17.6 Å². The van der Waals surface area contributed by atoms with E-state index in [9.17, 15) is 14.4 Å². The predicted molar refractivity (Wildman–Crippen MR) is 93.2 cm³/mol. The van der Waals surface area contributed by atoms with Gasteiger partial charge in [-0.2, -0.15) is 0 Å².